The summed E-state index contributed by atoms with van der Waals surface area (Å²) in [5.41, 5.74) is 4.44. The molecule has 10 nitrogen and oxygen atoms in total. The molecule has 0 N–H and O–H groups in total. The third-order valence-corrected chi connectivity index (χ3v) is 11.2. The Morgan fingerprint density at radius 1 is 0.721 bits per heavy atom. The van der Waals surface area contributed by atoms with Crippen LogP contribution in [-0.4, -0.2) is 57.4 Å². The van der Waals surface area contributed by atoms with Crippen LogP contribution in [0.4, 0.5) is 0 Å². The number of fused-ring (bicyclic) bond motifs is 1. The number of rotatable bonds is 32. The highest BCUT2D eigenvalue weighted by Crippen LogP contribution is 2.39. The lowest BCUT2D eigenvalue weighted by atomic mass is 10.1. The SMILES string of the molecule is CC(=O)Oc1c(-c2cn(CCCCCCCCCCCCOCCCc3ccc[n+](CCCCCCCCOCCCc4cccnc4)c3)nn2)cc(Cl)c2cccnc12.Cl. The Kier molecular flexibility index (Phi) is 24.6. The Morgan fingerprint density at radius 3 is 2.00 bits per heavy atom. The van der Waals surface area contributed by atoms with E-state index in [1.807, 2.05) is 35.4 Å². The van der Waals surface area contributed by atoms with Crippen LogP contribution in [0.5, 0.6) is 5.75 Å². The highest BCUT2D eigenvalue weighted by molar-refractivity contribution is 6.36. The Balaban J connectivity index is 0.00000819. The van der Waals surface area contributed by atoms with Gasteiger partial charge in [0.15, 0.2) is 18.1 Å². The van der Waals surface area contributed by atoms with E-state index in [1.165, 1.54) is 102 Å². The van der Waals surface area contributed by atoms with Gasteiger partial charge in [-0.05, 0) is 87.3 Å². The molecule has 0 unspecified atom stereocenters. The molecular weight excluding hydrogens is 807 g/mol. The molecule has 332 valence electrons. The smallest absolute Gasteiger partial charge is 0.308 e. The van der Waals surface area contributed by atoms with Crippen molar-refractivity contribution in [3.05, 3.63) is 95.8 Å². The average molecular weight is 877 g/mol. The fraction of sp³-hybridized carbons (Fsp3) is 0.551. The molecule has 0 aliphatic carbocycles. The number of carbonyl (C=O) groups is 1. The molecule has 0 radical (unpaired) electrons. The molecule has 0 fully saturated rings. The van der Waals surface area contributed by atoms with Crippen LogP contribution in [0.25, 0.3) is 22.2 Å². The number of aryl methyl sites for hydroxylation is 4. The molecule has 61 heavy (non-hydrogen) atoms. The van der Waals surface area contributed by atoms with Gasteiger partial charge in [-0.2, -0.15) is 0 Å². The first-order valence-corrected chi connectivity index (χ1v) is 23.1. The van der Waals surface area contributed by atoms with Crippen molar-refractivity contribution >= 4 is 40.9 Å². The number of aromatic nitrogens is 6. The van der Waals surface area contributed by atoms with Crippen LogP contribution in [-0.2, 0) is 40.2 Å². The number of halogens is 2. The topological polar surface area (TPSA) is 105 Å². The predicted octanol–water partition coefficient (Wildman–Crippen LogP) is 11.7. The maximum absolute atomic E-state index is 11.9. The van der Waals surface area contributed by atoms with Crippen LogP contribution in [0.1, 0.15) is 134 Å². The molecule has 0 atom stereocenters. The third-order valence-electron chi connectivity index (χ3n) is 10.9. The van der Waals surface area contributed by atoms with Gasteiger partial charge in [0.05, 0.1) is 16.8 Å². The number of nitrogens with zero attached hydrogens (tertiary/aromatic N) is 6. The van der Waals surface area contributed by atoms with Crippen molar-refractivity contribution in [1.82, 2.24) is 25.0 Å². The molecule has 0 saturated heterocycles. The van der Waals surface area contributed by atoms with E-state index in [0.717, 1.165) is 89.8 Å². The van der Waals surface area contributed by atoms with Crippen LogP contribution in [0.3, 0.4) is 0 Å². The summed E-state index contributed by atoms with van der Waals surface area (Å²) in [5.74, 6) is -0.0668. The Hall–Kier alpha value is -3.96. The summed E-state index contributed by atoms with van der Waals surface area (Å²) < 4.78 is 21.6. The van der Waals surface area contributed by atoms with Crippen molar-refractivity contribution in [1.29, 1.82) is 0 Å². The van der Waals surface area contributed by atoms with Gasteiger partial charge in [-0.25, -0.2) is 4.57 Å². The molecule has 5 rings (SSSR count). The van der Waals surface area contributed by atoms with E-state index in [0.29, 0.717) is 27.5 Å². The summed E-state index contributed by atoms with van der Waals surface area (Å²) in [6, 6.07) is 14.0. The lowest BCUT2D eigenvalue weighted by molar-refractivity contribution is -0.697. The fourth-order valence-electron chi connectivity index (χ4n) is 7.61. The Labute approximate surface area is 375 Å². The molecule has 0 spiro atoms. The van der Waals surface area contributed by atoms with Gasteiger partial charge < -0.3 is 14.2 Å². The number of hydrogen-bond acceptors (Lipinski definition) is 8. The molecule has 4 aromatic heterocycles. The number of esters is 1. The van der Waals surface area contributed by atoms with Gasteiger partial charge in [-0.15, -0.1) is 17.5 Å². The third kappa shape index (κ3) is 19.3. The second-order valence-corrected chi connectivity index (χ2v) is 16.4. The molecule has 0 saturated carbocycles. The van der Waals surface area contributed by atoms with Gasteiger partial charge in [0.25, 0.3) is 0 Å². The summed E-state index contributed by atoms with van der Waals surface area (Å²) >= 11 is 6.55. The van der Waals surface area contributed by atoms with Gasteiger partial charge in [0.1, 0.15) is 17.8 Å². The summed E-state index contributed by atoms with van der Waals surface area (Å²) in [7, 11) is 0. The molecule has 0 aliphatic rings. The summed E-state index contributed by atoms with van der Waals surface area (Å²) in [6.45, 7) is 6.72. The van der Waals surface area contributed by atoms with E-state index < -0.39 is 5.97 Å². The van der Waals surface area contributed by atoms with E-state index in [4.69, 9.17) is 25.8 Å². The van der Waals surface area contributed by atoms with Gasteiger partial charge in [0, 0.05) is 81.9 Å². The van der Waals surface area contributed by atoms with Gasteiger partial charge >= 0.3 is 5.97 Å². The molecule has 4 heterocycles. The molecule has 0 amide bonds. The average Bonchev–Trinajstić information content (AvgIpc) is 3.74. The van der Waals surface area contributed by atoms with Crippen molar-refractivity contribution in [2.24, 2.45) is 0 Å². The number of unbranched alkanes of at least 4 members (excludes halogenated alkanes) is 14. The van der Waals surface area contributed by atoms with Gasteiger partial charge in [-0.1, -0.05) is 93.5 Å². The van der Waals surface area contributed by atoms with E-state index in [-0.39, 0.29) is 12.4 Å². The van der Waals surface area contributed by atoms with Crippen LogP contribution >= 0.6 is 24.0 Å². The first-order valence-electron chi connectivity index (χ1n) is 22.8. The Morgan fingerprint density at radius 2 is 1.33 bits per heavy atom. The lowest BCUT2D eigenvalue weighted by Gasteiger charge is -2.11. The second-order valence-electron chi connectivity index (χ2n) is 16.0. The maximum Gasteiger partial charge on any atom is 0.308 e. The zero-order valence-electron chi connectivity index (χ0n) is 36.5. The Bertz CT molecular complexity index is 1950. The lowest BCUT2D eigenvalue weighted by Crippen LogP contribution is -2.33. The minimum atomic E-state index is -0.424. The molecule has 12 heteroatoms. The first kappa shape index (κ1) is 49.7. The summed E-state index contributed by atoms with van der Waals surface area (Å²) in [4.78, 5) is 20.5. The number of ether oxygens (including phenoxy) is 3. The number of hydrogen-bond donors (Lipinski definition) is 0. The first-order chi connectivity index (χ1) is 29.6. The molecule has 0 bridgehead atoms. The number of carbonyl (C=O) groups excluding carboxylic acids is 1. The van der Waals surface area contributed by atoms with Crippen LogP contribution in [0.2, 0.25) is 5.02 Å². The number of benzene rings is 1. The minimum Gasteiger partial charge on any atom is -0.424 e. The standard InChI is InChI=1S/C49H68ClN6O4.ClH/c1-41(57)60-49-45(37-46(50)44-27-19-29-52-48(44)49)47-40-56(54-53-47)32-15-11-6-4-2-3-5-8-12-16-34-59-36-22-26-43-24-20-31-55(39-43)30-14-10-7-9-13-17-33-58-35-21-25-42-23-18-28-51-38-42;/h18-20,23-24,27-29,31,37-40H,2-17,21-22,25-26,30,32-36H2,1H3;1H/q+1;. The zero-order valence-corrected chi connectivity index (χ0v) is 38.1. The highest BCUT2D eigenvalue weighted by Gasteiger charge is 2.19. The van der Waals surface area contributed by atoms with Crippen LogP contribution in [0.15, 0.2) is 79.6 Å². The highest BCUT2D eigenvalue weighted by atomic mass is 35.5. The van der Waals surface area contributed by atoms with Gasteiger partial charge in [-0.3, -0.25) is 19.4 Å². The van der Waals surface area contributed by atoms with Crippen molar-refractivity contribution < 1.29 is 23.6 Å². The molecular formula is C49H69Cl2N6O4+. The monoisotopic (exact) mass is 875 g/mol. The van der Waals surface area contributed by atoms with Gasteiger partial charge in [0.2, 0.25) is 0 Å². The van der Waals surface area contributed by atoms with Crippen LogP contribution in [0, 0.1) is 0 Å². The molecule has 0 aliphatic heterocycles. The normalized spacial score (nSPS) is 11.2. The van der Waals surface area contributed by atoms with Crippen molar-refractivity contribution in [3.8, 4) is 17.0 Å². The largest absolute Gasteiger partial charge is 0.424 e. The predicted molar refractivity (Wildman–Crippen MR) is 247 cm³/mol. The van der Waals surface area contributed by atoms with E-state index in [2.05, 4.69) is 55.4 Å². The van der Waals surface area contributed by atoms with E-state index in [1.54, 1.807) is 18.3 Å². The van der Waals surface area contributed by atoms with E-state index in [9.17, 15) is 4.79 Å². The summed E-state index contributed by atoms with van der Waals surface area (Å²) in [6.07, 6.45) is 36.0. The second kappa shape index (κ2) is 30.1. The molecule has 1 aromatic carbocycles. The summed E-state index contributed by atoms with van der Waals surface area (Å²) in [5, 5.41) is 9.92. The van der Waals surface area contributed by atoms with E-state index >= 15 is 0 Å². The molecule has 5 aromatic rings. The quantitative estimate of drug-likeness (QED) is 0.0182. The maximum atomic E-state index is 11.9. The van der Waals surface area contributed by atoms with Crippen LogP contribution < -0.4 is 9.30 Å². The van der Waals surface area contributed by atoms with Crippen molar-refractivity contribution in [2.75, 3.05) is 26.4 Å². The van der Waals surface area contributed by atoms with Crippen molar-refractivity contribution in [3.63, 3.8) is 0 Å². The van der Waals surface area contributed by atoms with Crippen molar-refractivity contribution in [2.45, 2.75) is 148 Å². The fourth-order valence-corrected chi connectivity index (χ4v) is 7.87. The number of pyridine rings is 3. The minimum absolute atomic E-state index is 0. The zero-order chi connectivity index (χ0) is 41.9.